The Labute approximate surface area is 135 Å². The Hall–Kier alpha value is -1.65. The molecule has 2 rings (SSSR count). The molecule has 0 aromatic heterocycles. The number of hydrogen-bond acceptors (Lipinski definition) is 3. The van der Waals surface area contributed by atoms with Gasteiger partial charge >= 0.3 is 0 Å². The molecule has 0 bridgehead atoms. The van der Waals surface area contributed by atoms with Gasteiger partial charge in [-0.2, -0.15) is 0 Å². The van der Waals surface area contributed by atoms with Gasteiger partial charge in [0.05, 0.1) is 12.2 Å². The molecule has 1 N–H and O–H groups in total. The van der Waals surface area contributed by atoms with E-state index in [1.54, 1.807) is 6.92 Å². The quantitative estimate of drug-likeness (QED) is 0.737. The van der Waals surface area contributed by atoms with Gasteiger partial charge in [0, 0.05) is 6.42 Å². The van der Waals surface area contributed by atoms with Crippen molar-refractivity contribution in [3.05, 3.63) is 23.3 Å². The van der Waals surface area contributed by atoms with E-state index in [1.165, 1.54) is 12.1 Å². The zero-order chi connectivity index (χ0) is 17.0. The smallest absolute Gasteiger partial charge is 0.271 e. The van der Waals surface area contributed by atoms with Gasteiger partial charge in [-0.3, -0.25) is 4.79 Å². The van der Waals surface area contributed by atoms with Gasteiger partial charge in [-0.05, 0) is 43.7 Å². The fourth-order valence-corrected chi connectivity index (χ4v) is 3.21. The second-order valence-electron chi connectivity index (χ2n) is 6.36. The summed E-state index contributed by atoms with van der Waals surface area (Å²) >= 11 is 0. The standard InChI is InChI=1S/C18H24F2O3/c1-3-23-15-9-8-13(17(22)16(15)18(19)20)14(21)10-12-6-4-11(2)5-7-12/h8-9,11-12,18,22H,3-7,10H2,1-2H3. The molecule has 1 aliphatic rings. The largest absolute Gasteiger partial charge is 0.507 e. The summed E-state index contributed by atoms with van der Waals surface area (Å²) in [6.07, 6.45) is 1.56. The Balaban J connectivity index is 2.18. The highest BCUT2D eigenvalue weighted by atomic mass is 19.3. The maximum absolute atomic E-state index is 13.2. The second kappa shape index (κ2) is 7.75. The molecule has 3 nitrogen and oxygen atoms in total. The minimum Gasteiger partial charge on any atom is -0.507 e. The molecule has 0 amide bonds. The lowest BCUT2D eigenvalue weighted by atomic mass is 9.80. The second-order valence-corrected chi connectivity index (χ2v) is 6.36. The molecule has 23 heavy (non-hydrogen) atoms. The van der Waals surface area contributed by atoms with E-state index in [0.717, 1.165) is 25.7 Å². The lowest BCUT2D eigenvalue weighted by molar-refractivity contribution is 0.0940. The summed E-state index contributed by atoms with van der Waals surface area (Å²) in [6.45, 7) is 4.09. The molecule has 1 aromatic rings. The van der Waals surface area contributed by atoms with Crippen molar-refractivity contribution in [2.45, 2.75) is 52.4 Å². The van der Waals surface area contributed by atoms with E-state index in [0.29, 0.717) is 12.3 Å². The number of halogens is 2. The number of rotatable bonds is 6. The van der Waals surface area contributed by atoms with Gasteiger partial charge in [-0.25, -0.2) is 8.78 Å². The minimum atomic E-state index is -2.89. The van der Waals surface area contributed by atoms with Crippen LogP contribution in [-0.4, -0.2) is 17.5 Å². The van der Waals surface area contributed by atoms with Crippen LogP contribution in [0.1, 0.15) is 68.3 Å². The van der Waals surface area contributed by atoms with E-state index >= 15 is 0 Å². The number of ketones is 1. The van der Waals surface area contributed by atoms with Crippen LogP contribution in [0, 0.1) is 11.8 Å². The monoisotopic (exact) mass is 326 g/mol. The Kier molecular flexibility index (Phi) is 5.97. The zero-order valence-corrected chi connectivity index (χ0v) is 13.6. The molecule has 1 saturated carbocycles. The topological polar surface area (TPSA) is 46.5 Å². The molecule has 0 radical (unpaired) electrons. The molecule has 1 aromatic carbocycles. The van der Waals surface area contributed by atoms with Crippen LogP contribution in [0.2, 0.25) is 0 Å². The van der Waals surface area contributed by atoms with E-state index in [4.69, 9.17) is 4.74 Å². The molecule has 128 valence electrons. The van der Waals surface area contributed by atoms with Crippen LogP contribution in [0.25, 0.3) is 0 Å². The van der Waals surface area contributed by atoms with Crippen LogP contribution >= 0.6 is 0 Å². The van der Waals surface area contributed by atoms with E-state index in [1.807, 2.05) is 0 Å². The van der Waals surface area contributed by atoms with Crippen molar-refractivity contribution >= 4 is 5.78 Å². The van der Waals surface area contributed by atoms with Gasteiger partial charge < -0.3 is 9.84 Å². The van der Waals surface area contributed by atoms with Gasteiger partial charge in [0.25, 0.3) is 6.43 Å². The number of carbonyl (C=O) groups is 1. The maximum Gasteiger partial charge on any atom is 0.271 e. The summed E-state index contributed by atoms with van der Waals surface area (Å²) in [5.74, 6) is -0.0134. The number of hydrogen-bond donors (Lipinski definition) is 1. The third-order valence-corrected chi connectivity index (χ3v) is 4.61. The van der Waals surface area contributed by atoms with Crippen molar-refractivity contribution in [1.82, 2.24) is 0 Å². The van der Waals surface area contributed by atoms with Gasteiger partial charge in [0.15, 0.2) is 5.78 Å². The average molecular weight is 326 g/mol. The first kappa shape index (κ1) is 17.7. The zero-order valence-electron chi connectivity index (χ0n) is 13.6. The fourth-order valence-electron chi connectivity index (χ4n) is 3.21. The van der Waals surface area contributed by atoms with Crippen molar-refractivity contribution in [2.24, 2.45) is 11.8 Å². The highest BCUT2D eigenvalue weighted by Crippen LogP contribution is 2.40. The van der Waals surface area contributed by atoms with Gasteiger partial charge in [-0.15, -0.1) is 0 Å². The normalized spacial score (nSPS) is 21.4. The van der Waals surface area contributed by atoms with E-state index < -0.39 is 17.7 Å². The van der Waals surface area contributed by atoms with E-state index in [-0.39, 0.29) is 29.6 Å². The maximum atomic E-state index is 13.2. The van der Waals surface area contributed by atoms with E-state index in [2.05, 4.69) is 6.92 Å². The summed E-state index contributed by atoms with van der Waals surface area (Å²) < 4.78 is 31.5. The van der Waals surface area contributed by atoms with Crippen LogP contribution in [0.3, 0.4) is 0 Å². The number of phenolic OH excluding ortho intramolecular Hbond substituents is 1. The molecule has 0 unspecified atom stereocenters. The molecule has 5 heteroatoms. The molecule has 0 aliphatic heterocycles. The van der Waals surface area contributed by atoms with Crippen LogP contribution in [0.5, 0.6) is 11.5 Å². The van der Waals surface area contributed by atoms with Crippen molar-refractivity contribution in [3.63, 3.8) is 0 Å². The molecule has 1 aliphatic carbocycles. The van der Waals surface area contributed by atoms with Crippen molar-refractivity contribution < 1.29 is 23.4 Å². The predicted molar refractivity (Wildman–Crippen MR) is 84.3 cm³/mol. The first-order chi connectivity index (χ1) is 10.9. The lowest BCUT2D eigenvalue weighted by Gasteiger charge is -2.25. The Morgan fingerprint density at radius 2 is 1.96 bits per heavy atom. The predicted octanol–water partition coefficient (Wildman–Crippen LogP) is 5.13. The molecule has 0 saturated heterocycles. The summed E-state index contributed by atoms with van der Waals surface area (Å²) in [5, 5.41) is 10.1. The van der Waals surface area contributed by atoms with Gasteiger partial charge in [0.1, 0.15) is 17.1 Å². The third-order valence-electron chi connectivity index (χ3n) is 4.61. The van der Waals surface area contributed by atoms with Crippen LogP contribution in [0.15, 0.2) is 12.1 Å². The molecular formula is C18H24F2O3. The van der Waals surface area contributed by atoms with E-state index in [9.17, 15) is 18.7 Å². The lowest BCUT2D eigenvalue weighted by Crippen LogP contribution is -2.16. The summed E-state index contributed by atoms with van der Waals surface area (Å²) in [7, 11) is 0. The number of Topliss-reactive ketones (excluding diaryl/α,β-unsaturated/α-hetero) is 1. The highest BCUT2D eigenvalue weighted by Gasteiger charge is 2.27. The number of benzene rings is 1. The Morgan fingerprint density at radius 3 is 2.52 bits per heavy atom. The minimum absolute atomic E-state index is 0.0256. The van der Waals surface area contributed by atoms with Crippen LogP contribution in [-0.2, 0) is 0 Å². The van der Waals surface area contributed by atoms with Crippen LogP contribution < -0.4 is 4.74 Å². The summed E-state index contributed by atoms with van der Waals surface area (Å²) in [5.41, 5.74) is -0.614. The Bertz CT molecular complexity index is 549. The van der Waals surface area contributed by atoms with Crippen LogP contribution in [0.4, 0.5) is 8.78 Å². The molecule has 0 heterocycles. The number of phenols is 1. The first-order valence-corrected chi connectivity index (χ1v) is 8.24. The Morgan fingerprint density at radius 1 is 1.30 bits per heavy atom. The molecule has 1 fully saturated rings. The molecular weight excluding hydrogens is 302 g/mol. The first-order valence-electron chi connectivity index (χ1n) is 8.24. The number of carbonyl (C=O) groups excluding carboxylic acids is 1. The van der Waals surface area contributed by atoms with Gasteiger partial charge in [0.2, 0.25) is 0 Å². The number of ether oxygens (including phenoxy) is 1. The average Bonchev–Trinajstić information content (AvgIpc) is 2.49. The highest BCUT2D eigenvalue weighted by molar-refractivity contribution is 5.99. The SMILES string of the molecule is CCOc1ccc(C(=O)CC2CCC(C)CC2)c(O)c1C(F)F. The van der Waals surface area contributed by atoms with Gasteiger partial charge in [-0.1, -0.05) is 19.8 Å². The number of aromatic hydroxyl groups is 1. The summed E-state index contributed by atoms with van der Waals surface area (Å²) in [4.78, 5) is 12.4. The van der Waals surface area contributed by atoms with Crippen molar-refractivity contribution in [1.29, 1.82) is 0 Å². The molecule has 0 spiro atoms. The number of alkyl halides is 2. The summed E-state index contributed by atoms with van der Waals surface area (Å²) in [6, 6.07) is 2.74. The fraction of sp³-hybridized carbons (Fsp3) is 0.611. The van der Waals surface area contributed by atoms with Crippen molar-refractivity contribution in [3.8, 4) is 11.5 Å². The van der Waals surface area contributed by atoms with Crippen molar-refractivity contribution in [2.75, 3.05) is 6.61 Å². The third kappa shape index (κ3) is 4.21. The molecule has 0 atom stereocenters.